The maximum atomic E-state index is 12.9. The predicted molar refractivity (Wildman–Crippen MR) is 245 cm³/mol. The number of phosphoric acid groups is 1. The lowest BCUT2D eigenvalue weighted by Gasteiger charge is -2.25. The summed E-state index contributed by atoms with van der Waals surface area (Å²) >= 11 is 0. The topological polar surface area (TPSA) is 105 Å². The smallest absolute Gasteiger partial charge is 0.387 e. The van der Waals surface area contributed by atoms with Crippen LogP contribution in [0.5, 0.6) is 0 Å². The summed E-state index contributed by atoms with van der Waals surface area (Å²) in [5.41, 5.74) is 0. The molecule has 8 nitrogen and oxygen atoms in total. The van der Waals surface area contributed by atoms with Gasteiger partial charge in [0.15, 0.2) is 0 Å². The predicted octanol–water partition coefficient (Wildman–Crippen LogP) is 13.7. The van der Waals surface area contributed by atoms with Crippen molar-refractivity contribution in [3.05, 3.63) is 24.3 Å². The molecule has 3 unspecified atom stereocenters. The van der Waals surface area contributed by atoms with E-state index in [2.05, 4.69) is 31.3 Å². The second-order valence-electron chi connectivity index (χ2n) is 17.8. The highest BCUT2D eigenvalue weighted by Crippen LogP contribution is 2.43. The molecule has 0 aliphatic heterocycles. The van der Waals surface area contributed by atoms with E-state index < -0.39 is 20.0 Å². The Morgan fingerprint density at radius 2 is 0.965 bits per heavy atom. The molecular weight excluding hydrogens is 732 g/mol. The van der Waals surface area contributed by atoms with Crippen LogP contribution in [-0.4, -0.2) is 73.4 Å². The zero-order chi connectivity index (χ0) is 42.1. The summed E-state index contributed by atoms with van der Waals surface area (Å²) in [7, 11) is 1.56. The first kappa shape index (κ1) is 56.0. The van der Waals surface area contributed by atoms with Gasteiger partial charge in [-0.05, 0) is 32.1 Å². The molecular formula is C48H96N2O6P+. The first-order chi connectivity index (χ1) is 27.5. The van der Waals surface area contributed by atoms with Gasteiger partial charge in [-0.3, -0.25) is 13.8 Å². The number of amides is 1. The lowest BCUT2D eigenvalue weighted by Crippen LogP contribution is -2.45. The number of hydrogen-bond donors (Lipinski definition) is 3. The van der Waals surface area contributed by atoms with Gasteiger partial charge in [-0.25, -0.2) is 4.57 Å². The summed E-state index contributed by atoms with van der Waals surface area (Å²) in [5.74, 6) is -0.184. The van der Waals surface area contributed by atoms with Crippen molar-refractivity contribution in [1.29, 1.82) is 0 Å². The van der Waals surface area contributed by atoms with Gasteiger partial charge in [0.05, 0.1) is 39.9 Å². The fourth-order valence-electron chi connectivity index (χ4n) is 7.06. The molecule has 1 amide bonds. The minimum absolute atomic E-state index is 0.0583. The highest BCUT2D eigenvalue weighted by atomic mass is 31.2. The number of allylic oxidation sites excluding steroid dienone is 3. The molecule has 0 spiro atoms. The van der Waals surface area contributed by atoms with Crippen LogP contribution in [-0.2, 0) is 18.4 Å². The van der Waals surface area contributed by atoms with Crippen molar-refractivity contribution < 1.29 is 32.9 Å². The van der Waals surface area contributed by atoms with Crippen LogP contribution >= 0.6 is 7.82 Å². The van der Waals surface area contributed by atoms with Crippen LogP contribution in [0.2, 0.25) is 0 Å². The van der Waals surface area contributed by atoms with Gasteiger partial charge in [0, 0.05) is 6.42 Å². The molecule has 0 aliphatic rings. The number of hydrogen-bond acceptors (Lipinski definition) is 5. The van der Waals surface area contributed by atoms with E-state index in [0.29, 0.717) is 17.4 Å². The van der Waals surface area contributed by atoms with Crippen molar-refractivity contribution in [1.82, 2.24) is 5.32 Å². The van der Waals surface area contributed by atoms with E-state index in [1.165, 1.54) is 167 Å². The minimum Gasteiger partial charge on any atom is -0.387 e. The summed E-state index contributed by atoms with van der Waals surface area (Å²) in [6, 6.07) is -0.858. The van der Waals surface area contributed by atoms with Gasteiger partial charge in [-0.1, -0.05) is 212 Å². The van der Waals surface area contributed by atoms with E-state index in [1.807, 2.05) is 27.2 Å². The van der Waals surface area contributed by atoms with E-state index in [9.17, 15) is 19.4 Å². The van der Waals surface area contributed by atoms with Crippen molar-refractivity contribution >= 4 is 13.7 Å². The van der Waals surface area contributed by atoms with Crippen LogP contribution in [0.25, 0.3) is 0 Å². The number of likely N-dealkylation sites (N-methyl/N-ethyl adjacent to an activating group) is 1. The molecule has 0 saturated carbocycles. The van der Waals surface area contributed by atoms with Crippen molar-refractivity contribution in [2.45, 2.75) is 238 Å². The zero-order valence-corrected chi connectivity index (χ0v) is 39.2. The maximum absolute atomic E-state index is 12.9. The van der Waals surface area contributed by atoms with E-state index in [4.69, 9.17) is 9.05 Å². The van der Waals surface area contributed by atoms with Crippen LogP contribution in [0.15, 0.2) is 24.3 Å². The summed E-state index contributed by atoms with van der Waals surface area (Å²) < 4.78 is 23.6. The number of quaternary nitrogens is 1. The number of nitrogens with one attached hydrogen (secondary N) is 1. The van der Waals surface area contributed by atoms with Gasteiger partial charge in [-0.15, -0.1) is 0 Å². The highest BCUT2D eigenvalue weighted by Gasteiger charge is 2.27. The zero-order valence-electron chi connectivity index (χ0n) is 38.3. The third kappa shape index (κ3) is 42.9. The Labute approximate surface area is 354 Å². The monoisotopic (exact) mass is 828 g/mol. The van der Waals surface area contributed by atoms with Crippen molar-refractivity contribution in [3.8, 4) is 0 Å². The summed E-state index contributed by atoms with van der Waals surface area (Å²) in [5, 5.41) is 13.8. The van der Waals surface area contributed by atoms with E-state index >= 15 is 0 Å². The Morgan fingerprint density at radius 1 is 0.579 bits per heavy atom. The number of aliphatic hydroxyl groups excluding tert-OH is 1. The van der Waals surface area contributed by atoms with Gasteiger partial charge in [0.1, 0.15) is 13.2 Å². The average molecular weight is 828 g/mol. The molecule has 0 fully saturated rings. The molecule has 0 aromatic heterocycles. The van der Waals surface area contributed by atoms with Crippen molar-refractivity contribution in [3.63, 3.8) is 0 Å². The largest absolute Gasteiger partial charge is 0.472 e. The molecule has 0 saturated heterocycles. The summed E-state index contributed by atoms with van der Waals surface area (Å²) in [6.45, 7) is 4.80. The van der Waals surface area contributed by atoms with Crippen molar-refractivity contribution in [2.24, 2.45) is 0 Å². The maximum Gasteiger partial charge on any atom is 0.472 e. The molecule has 0 bridgehead atoms. The first-order valence-corrected chi connectivity index (χ1v) is 25.7. The minimum atomic E-state index is -4.34. The highest BCUT2D eigenvalue weighted by molar-refractivity contribution is 7.47. The normalized spacial score (nSPS) is 14.4. The Kier molecular flexibility index (Phi) is 39.7. The molecule has 3 atom stereocenters. The van der Waals surface area contributed by atoms with Crippen LogP contribution < -0.4 is 5.32 Å². The van der Waals surface area contributed by atoms with E-state index in [0.717, 1.165) is 38.5 Å². The van der Waals surface area contributed by atoms with Crippen LogP contribution in [0.1, 0.15) is 226 Å². The average Bonchev–Trinajstić information content (AvgIpc) is 3.16. The fourth-order valence-corrected chi connectivity index (χ4v) is 7.79. The molecule has 0 rings (SSSR count). The Morgan fingerprint density at radius 3 is 1.40 bits per heavy atom. The number of phosphoric ester groups is 1. The first-order valence-electron chi connectivity index (χ1n) is 24.2. The van der Waals surface area contributed by atoms with Gasteiger partial charge in [-0.2, -0.15) is 0 Å². The second-order valence-corrected chi connectivity index (χ2v) is 19.3. The molecule has 0 aromatic rings. The number of nitrogens with zero attached hydrogens (tertiary/aromatic N) is 1. The van der Waals surface area contributed by atoms with E-state index in [-0.39, 0.29) is 19.1 Å². The molecule has 3 N–H and O–H groups in total. The number of unbranched alkanes of at least 4 members (excludes halogenated alkanes) is 29. The van der Waals surface area contributed by atoms with Gasteiger partial charge < -0.3 is 19.8 Å². The molecule has 57 heavy (non-hydrogen) atoms. The summed E-state index contributed by atoms with van der Waals surface area (Å²) in [4.78, 5) is 23.1. The lowest BCUT2D eigenvalue weighted by atomic mass is 10.0. The lowest BCUT2D eigenvalue weighted by molar-refractivity contribution is -0.870. The molecule has 338 valence electrons. The van der Waals surface area contributed by atoms with E-state index in [1.54, 1.807) is 6.08 Å². The Balaban J connectivity index is 4.31. The molecule has 0 aromatic carbocycles. The molecule has 0 aliphatic carbocycles. The molecule has 0 radical (unpaired) electrons. The van der Waals surface area contributed by atoms with Crippen LogP contribution in [0.3, 0.4) is 0 Å². The SMILES string of the molecule is CCCCCCCCCC/C=C/CC/C=C/C(O)C(COP(=O)(O)OCC[N+](C)(C)C)NC(=O)CCCCCCCCCCCCCCCCCCCCCCC. The number of aliphatic hydroxyl groups is 1. The summed E-state index contributed by atoms with van der Waals surface area (Å²) in [6.07, 6.45) is 48.3. The second kappa shape index (κ2) is 40.4. The Hall–Kier alpha value is -1.02. The van der Waals surface area contributed by atoms with Crippen molar-refractivity contribution in [2.75, 3.05) is 40.9 Å². The van der Waals surface area contributed by atoms with Gasteiger partial charge in [0.2, 0.25) is 5.91 Å². The third-order valence-electron chi connectivity index (χ3n) is 10.9. The van der Waals surface area contributed by atoms with Gasteiger partial charge >= 0.3 is 7.82 Å². The van der Waals surface area contributed by atoms with Gasteiger partial charge in [0.25, 0.3) is 0 Å². The molecule has 9 heteroatoms. The molecule has 0 heterocycles. The van der Waals surface area contributed by atoms with Crippen LogP contribution in [0, 0.1) is 0 Å². The van der Waals surface area contributed by atoms with Crippen LogP contribution in [0.4, 0.5) is 0 Å². The number of carbonyl (C=O) groups is 1. The Bertz CT molecular complexity index is 984. The quantitative estimate of drug-likeness (QED) is 0.0244. The fraction of sp³-hybridized carbons (Fsp3) is 0.896. The number of rotatable bonds is 44. The standard InChI is InChI=1S/C48H95N2O6P/c1-6-8-10-12-14-16-18-20-22-23-24-25-26-27-28-30-32-34-36-38-40-42-48(52)49-46(45-56-57(53,54)55-44-43-50(3,4)5)47(51)41-39-37-35-33-31-29-21-19-17-15-13-11-9-7-2/h31,33,39,41,46-47,51H,6-30,32,34-38,40,42-45H2,1-5H3,(H-,49,52,53,54)/p+1/b33-31+,41-39+. The number of carbonyl (C=O) groups excluding carboxylic acids is 1. The third-order valence-corrected chi connectivity index (χ3v) is 11.9.